The highest BCUT2D eigenvalue weighted by Gasteiger charge is 2.10. The maximum atomic E-state index is 12.3. The molecule has 3 rings (SSSR count). The summed E-state index contributed by atoms with van der Waals surface area (Å²) in [6.07, 6.45) is 0.465. The zero-order valence-electron chi connectivity index (χ0n) is 14.9. The molecule has 2 aromatic carbocycles. The molecule has 3 aromatic rings. The third kappa shape index (κ3) is 4.86. The van der Waals surface area contributed by atoms with Crippen molar-refractivity contribution in [2.45, 2.75) is 12.8 Å². The van der Waals surface area contributed by atoms with Gasteiger partial charge in [-0.2, -0.15) is 0 Å². The molecule has 27 heavy (non-hydrogen) atoms. The highest BCUT2D eigenvalue weighted by Crippen LogP contribution is 2.15. The second-order valence-electron chi connectivity index (χ2n) is 5.93. The van der Waals surface area contributed by atoms with E-state index in [-0.39, 0.29) is 31.2 Å². The number of hydrogen-bond donors (Lipinski definition) is 0. The van der Waals surface area contributed by atoms with Crippen molar-refractivity contribution < 1.29 is 14.3 Å². The van der Waals surface area contributed by atoms with Crippen LogP contribution in [-0.4, -0.2) is 28.7 Å². The molecule has 140 valence electrons. The Balaban J connectivity index is 1.49. The SMILES string of the molecule is Cn1c(CCC(=O)OCCOc2ccc(Cl)cc2)nc2ccccc2c1=O. The Morgan fingerprint density at radius 2 is 1.85 bits per heavy atom. The van der Waals surface area contributed by atoms with Gasteiger partial charge in [0.1, 0.15) is 24.8 Å². The topological polar surface area (TPSA) is 70.4 Å². The van der Waals surface area contributed by atoms with Crippen LogP contribution in [0.2, 0.25) is 5.02 Å². The molecule has 0 atom stereocenters. The number of halogens is 1. The van der Waals surface area contributed by atoms with Gasteiger partial charge in [0.15, 0.2) is 0 Å². The van der Waals surface area contributed by atoms with Crippen LogP contribution < -0.4 is 10.3 Å². The Morgan fingerprint density at radius 1 is 1.11 bits per heavy atom. The summed E-state index contributed by atoms with van der Waals surface area (Å²) in [7, 11) is 1.66. The first-order chi connectivity index (χ1) is 13.0. The number of para-hydroxylation sites is 1. The predicted octanol–water partition coefficient (Wildman–Crippen LogP) is 3.14. The molecule has 0 spiro atoms. The molecule has 0 aliphatic heterocycles. The quantitative estimate of drug-likeness (QED) is 0.461. The first-order valence-electron chi connectivity index (χ1n) is 8.53. The summed E-state index contributed by atoms with van der Waals surface area (Å²) in [6, 6.07) is 14.1. The Bertz CT molecular complexity index is 999. The molecule has 0 bridgehead atoms. The third-order valence-corrected chi connectivity index (χ3v) is 4.31. The summed E-state index contributed by atoms with van der Waals surface area (Å²) in [5, 5.41) is 1.19. The molecule has 6 nitrogen and oxygen atoms in total. The number of ether oxygens (including phenoxy) is 2. The van der Waals surface area contributed by atoms with Crippen molar-refractivity contribution >= 4 is 28.5 Å². The lowest BCUT2D eigenvalue weighted by atomic mass is 10.2. The van der Waals surface area contributed by atoms with Crippen LogP contribution in [0.1, 0.15) is 12.2 Å². The zero-order valence-corrected chi connectivity index (χ0v) is 15.6. The van der Waals surface area contributed by atoms with E-state index in [1.54, 1.807) is 49.5 Å². The van der Waals surface area contributed by atoms with E-state index in [1.165, 1.54) is 4.57 Å². The minimum absolute atomic E-state index is 0.125. The van der Waals surface area contributed by atoms with E-state index < -0.39 is 0 Å². The monoisotopic (exact) mass is 386 g/mol. The molecular weight excluding hydrogens is 368 g/mol. The van der Waals surface area contributed by atoms with Gasteiger partial charge in [0, 0.05) is 18.5 Å². The molecule has 0 fully saturated rings. The van der Waals surface area contributed by atoms with Gasteiger partial charge in [0.05, 0.1) is 17.3 Å². The second kappa shape index (κ2) is 8.68. The molecule has 0 unspecified atom stereocenters. The van der Waals surface area contributed by atoms with Crippen LogP contribution in [0.3, 0.4) is 0 Å². The number of nitrogens with zero attached hydrogens (tertiary/aromatic N) is 2. The van der Waals surface area contributed by atoms with Gasteiger partial charge in [-0.3, -0.25) is 14.2 Å². The molecule has 7 heteroatoms. The minimum Gasteiger partial charge on any atom is -0.490 e. The summed E-state index contributed by atoms with van der Waals surface area (Å²) in [5.74, 6) is 0.844. The van der Waals surface area contributed by atoms with Gasteiger partial charge in [0.25, 0.3) is 5.56 Å². The van der Waals surface area contributed by atoms with Crippen molar-refractivity contribution in [1.29, 1.82) is 0 Å². The largest absolute Gasteiger partial charge is 0.490 e. The highest BCUT2D eigenvalue weighted by molar-refractivity contribution is 6.30. The average molecular weight is 387 g/mol. The number of aryl methyl sites for hydroxylation is 1. The summed E-state index contributed by atoms with van der Waals surface area (Å²) in [5.41, 5.74) is 0.501. The fourth-order valence-corrected chi connectivity index (χ4v) is 2.75. The standard InChI is InChI=1S/C20H19ClN2O4/c1-23-18(22-17-5-3-2-4-16(17)20(23)25)10-11-19(24)27-13-12-26-15-8-6-14(21)7-9-15/h2-9H,10-13H2,1H3. The number of hydrogen-bond acceptors (Lipinski definition) is 5. The Kier molecular flexibility index (Phi) is 6.08. The summed E-state index contributed by atoms with van der Waals surface area (Å²) < 4.78 is 12.1. The van der Waals surface area contributed by atoms with Gasteiger partial charge in [-0.15, -0.1) is 0 Å². The maximum absolute atomic E-state index is 12.3. The van der Waals surface area contributed by atoms with Crippen LogP contribution in [0.15, 0.2) is 53.3 Å². The molecule has 0 aliphatic carbocycles. The van der Waals surface area contributed by atoms with E-state index in [4.69, 9.17) is 21.1 Å². The lowest BCUT2D eigenvalue weighted by Gasteiger charge is -2.10. The lowest BCUT2D eigenvalue weighted by molar-refractivity contribution is -0.144. The number of carbonyl (C=O) groups is 1. The fraction of sp³-hybridized carbons (Fsp3) is 0.250. The second-order valence-corrected chi connectivity index (χ2v) is 6.37. The summed E-state index contributed by atoms with van der Waals surface area (Å²) >= 11 is 5.80. The Hall–Kier alpha value is -2.86. The van der Waals surface area contributed by atoms with Crippen molar-refractivity contribution in [3.05, 3.63) is 69.7 Å². The number of carbonyl (C=O) groups excluding carboxylic acids is 1. The molecule has 1 heterocycles. The molecule has 0 aliphatic rings. The molecule has 0 saturated heterocycles. The van der Waals surface area contributed by atoms with E-state index >= 15 is 0 Å². The molecule has 1 aromatic heterocycles. The van der Waals surface area contributed by atoms with Crippen LogP contribution in [0.25, 0.3) is 10.9 Å². The number of esters is 1. The van der Waals surface area contributed by atoms with Crippen LogP contribution in [0.5, 0.6) is 5.75 Å². The van der Waals surface area contributed by atoms with Crippen molar-refractivity contribution in [1.82, 2.24) is 9.55 Å². The third-order valence-electron chi connectivity index (χ3n) is 4.06. The van der Waals surface area contributed by atoms with Gasteiger partial charge in [0.2, 0.25) is 0 Å². The van der Waals surface area contributed by atoms with Gasteiger partial charge in [-0.05, 0) is 36.4 Å². The summed E-state index contributed by atoms with van der Waals surface area (Å²) in [6.45, 7) is 0.394. The number of benzene rings is 2. The lowest BCUT2D eigenvalue weighted by Crippen LogP contribution is -2.23. The van der Waals surface area contributed by atoms with Crippen LogP contribution in [0, 0.1) is 0 Å². The molecular formula is C20H19ClN2O4. The van der Waals surface area contributed by atoms with Crippen LogP contribution in [-0.2, 0) is 23.0 Å². The smallest absolute Gasteiger partial charge is 0.306 e. The predicted molar refractivity (Wildman–Crippen MR) is 103 cm³/mol. The summed E-state index contributed by atoms with van der Waals surface area (Å²) in [4.78, 5) is 28.7. The van der Waals surface area contributed by atoms with Gasteiger partial charge in [-0.1, -0.05) is 23.7 Å². The van der Waals surface area contributed by atoms with E-state index in [0.29, 0.717) is 33.9 Å². The van der Waals surface area contributed by atoms with E-state index in [0.717, 1.165) is 0 Å². The first-order valence-corrected chi connectivity index (χ1v) is 8.91. The molecule has 0 radical (unpaired) electrons. The fourth-order valence-electron chi connectivity index (χ4n) is 2.62. The highest BCUT2D eigenvalue weighted by atomic mass is 35.5. The van der Waals surface area contributed by atoms with Gasteiger partial charge < -0.3 is 9.47 Å². The van der Waals surface area contributed by atoms with Crippen molar-refractivity contribution in [3.63, 3.8) is 0 Å². The first kappa shape index (κ1) is 18.9. The van der Waals surface area contributed by atoms with E-state index in [1.807, 2.05) is 6.07 Å². The zero-order chi connectivity index (χ0) is 19.2. The van der Waals surface area contributed by atoms with E-state index in [9.17, 15) is 9.59 Å². The average Bonchev–Trinajstić information content (AvgIpc) is 2.68. The molecule has 0 amide bonds. The normalized spacial score (nSPS) is 10.7. The Labute approximate surface area is 161 Å². The number of rotatable bonds is 7. The minimum atomic E-state index is -0.364. The van der Waals surface area contributed by atoms with E-state index in [2.05, 4.69) is 4.98 Å². The number of fused-ring (bicyclic) bond motifs is 1. The maximum Gasteiger partial charge on any atom is 0.306 e. The van der Waals surface area contributed by atoms with Crippen LogP contribution >= 0.6 is 11.6 Å². The van der Waals surface area contributed by atoms with Crippen LogP contribution in [0.4, 0.5) is 0 Å². The van der Waals surface area contributed by atoms with Gasteiger partial charge in [-0.25, -0.2) is 4.98 Å². The van der Waals surface area contributed by atoms with Crippen molar-refractivity contribution in [2.24, 2.45) is 7.05 Å². The Morgan fingerprint density at radius 3 is 2.63 bits per heavy atom. The molecule has 0 saturated carbocycles. The van der Waals surface area contributed by atoms with Crippen molar-refractivity contribution in [2.75, 3.05) is 13.2 Å². The number of aromatic nitrogens is 2. The van der Waals surface area contributed by atoms with Gasteiger partial charge >= 0.3 is 5.97 Å². The van der Waals surface area contributed by atoms with Crippen molar-refractivity contribution in [3.8, 4) is 5.75 Å². The molecule has 0 N–H and O–H groups in total.